The molecule has 35 heavy (non-hydrogen) atoms. The van der Waals surface area contributed by atoms with E-state index in [1.807, 2.05) is 19.1 Å². The van der Waals surface area contributed by atoms with E-state index in [1.165, 1.54) is 35.4 Å². The molecule has 1 saturated carbocycles. The van der Waals surface area contributed by atoms with Crippen LogP contribution in [0.3, 0.4) is 0 Å². The summed E-state index contributed by atoms with van der Waals surface area (Å²) in [5.41, 5.74) is 1.80. The van der Waals surface area contributed by atoms with Crippen molar-refractivity contribution in [1.82, 2.24) is 10.6 Å². The molecule has 2 N–H and O–H groups in total. The van der Waals surface area contributed by atoms with Crippen LogP contribution in [-0.2, 0) is 9.59 Å². The Hall–Kier alpha value is -3.94. The van der Waals surface area contributed by atoms with Gasteiger partial charge in [0.25, 0.3) is 5.91 Å². The van der Waals surface area contributed by atoms with E-state index in [-0.39, 0.29) is 23.4 Å². The van der Waals surface area contributed by atoms with E-state index in [9.17, 15) is 18.8 Å². The van der Waals surface area contributed by atoms with Gasteiger partial charge in [-0.2, -0.15) is 0 Å². The number of anilines is 1. The molecule has 1 aliphatic rings. The number of nitrogens with one attached hydrogen (secondary N) is 2. The molecule has 1 atom stereocenters. The van der Waals surface area contributed by atoms with Gasteiger partial charge in [-0.05, 0) is 55.7 Å². The molecule has 1 fully saturated rings. The van der Waals surface area contributed by atoms with Gasteiger partial charge in [0, 0.05) is 11.7 Å². The van der Waals surface area contributed by atoms with Crippen molar-refractivity contribution in [2.45, 2.75) is 44.7 Å². The fourth-order valence-electron chi connectivity index (χ4n) is 4.32. The molecule has 7 nitrogen and oxygen atoms in total. The van der Waals surface area contributed by atoms with E-state index < -0.39 is 30.2 Å². The summed E-state index contributed by atoms with van der Waals surface area (Å²) < 4.78 is 19.3. The Morgan fingerprint density at radius 1 is 1.06 bits per heavy atom. The molecule has 4 rings (SSSR count). The molecule has 0 spiro atoms. The molecule has 0 aliphatic heterocycles. The molecule has 3 amide bonds. The summed E-state index contributed by atoms with van der Waals surface area (Å²) in [7, 11) is 0. The largest absolute Gasteiger partial charge is 0.459 e. The minimum absolute atomic E-state index is 0.0264. The van der Waals surface area contributed by atoms with Crippen LogP contribution in [0.4, 0.5) is 10.1 Å². The molecule has 3 aromatic rings. The maximum Gasteiger partial charge on any atom is 0.287 e. The average Bonchev–Trinajstić information content (AvgIpc) is 3.56. The van der Waals surface area contributed by atoms with Gasteiger partial charge >= 0.3 is 0 Å². The van der Waals surface area contributed by atoms with Gasteiger partial charge in [-0.1, -0.05) is 48.7 Å². The molecule has 182 valence electrons. The summed E-state index contributed by atoms with van der Waals surface area (Å²) in [5.74, 6) is -1.97. The summed E-state index contributed by atoms with van der Waals surface area (Å²) in [6, 6.07) is 14.8. The Kier molecular flexibility index (Phi) is 7.60. The Morgan fingerprint density at radius 3 is 2.46 bits per heavy atom. The van der Waals surface area contributed by atoms with Crippen molar-refractivity contribution in [3.63, 3.8) is 0 Å². The zero-order chi connectivity index (χ0) is 24.8. The van der Waals surface area contributed by atoms with Gasteiger partial charge in [-0.3, -0.25) is 19.3 Å². The average molecular weight is 478 g/mol. The second-order valence-corrected chi connectivity index (χ2v) is 8.71. The molecule has 1 heterocycles. The maximum absolute atomic E-state index is 14.2. The SMILES string of the molecule is Cc1ccc(C(C(=O)NC2CCCC2)N(C(=O)CNC(=O)c2ccco2)c2cccc(F)c2)cc1. The van der Waals surface area contributed by atoms with Crippen molar-refractivity contribution >= 4 is 23.4 Å². The third-order valence-electron chi connectivity index (χ3n) is 6.10. The topological polar surface area (TPSA) is 91.7 Å². The van der Waals surface area contributed by atoms with E-state index >= 15 is 0 Å². The standard InChI is InChI=1S/C27H28FN3O4/c1-18-11-13-19(14-12-18)25(27(34)30-21-7-2-3-8-21)31(22-9-4-6-20(28)16-22)24(32)17-29-26(33)23-10-5-15-35-23/h4-6,9-16,21,25H,2-3,7-8,17H2,1H3,(H,29,33)(H,30,34). The number of benzene rings is 2. The number of amides is 3. The second-order valence-electron chi connectivity index (χ2n) is 8.71. The minimum Gasteiger partial charge on any atom is -0.459 e. The molecule has 0 radical (unpaired) electrons. The number of hydrogen-bond acceptors (Lipinski definition) is 4. The summed E-state index contributed by atoms with van der Waals surface area (Å²) >= 11 is 0. The zero-order valence-electron chi connectivity index (χ0n) is 19.5. The van der Waals surface area contributed by atoms with Crippen LogP contribution in [0.5, 0.6) is 0 Å². The number of nitrogens with zero attached hydrogens (tertiary/aromatic N) is 1. The monoisotopic (exact) mass is 477 g/mol. The quantitative estimate of drug-likeness (QED) is 0.506. The van der Waals surface area contributed by atoms with Gasteiger partial charge in [-0.15, -0.1) is 0 Å². The van der Waals surface area contributed by atoms with Crippen LogP contribution in [0, 0.1) is 12.7 Å². The summed E-state index contributed by atoms with van der Waals surface area (Å²) in [6.45, 7) is 1.52. The normalized spacial score (nSPS) is 14.3. The Bertz CT molecular complexity index is 1170. The molecule has 1 aromatic heterocycles. The van der Waals surface area contributed by atoms with Crippen molar-refractivity contribution in [1.29, 1.82) is 0 Å². The number of hydrogen-bond donors (Lipinski definition) is 2. The van der Waals surface area contributed by atoms with Crippen LogP contribution in [0.2, 0.25) is 0 Å². The van der Waals surface area contributed by atoms with E-state index in [2.05, 4.69) is 10.6 Å². The second kappa shape index (κ2) is 11.0. The predicted octanol–water partition coefficient (Wildman–Crippen LogP) is 4.29. The highest BCUT2D eigenvalue weighted by Gasteiger charge is 2.34. The van der Waals surface area contributed by atoms with Crippen molar-refractivity contribution in [2.24, 2.45) is 0 Å². The van der Waals surface area contributed by atoms with Crippen molar-refractivity contribution in [2.75, 3.05) is 11.4 Å². The van der Waals surface area contributed by atoms with Crippen molar-refractivity contribution < 1.29 is 23.2 Å². The number of rotatable bonds is 8. The third kappa shape index (κ3) is 5.95. The van der Waals surface area contributed by atoms with Crippen LogP contribution in [0.15, 0.2) is 71.3 Å². The van der Waals surface area contributed by atoms with Gasteiger partial charge in [-0.25, -0.2) is 4.39 Å². The lowest BCUT2D eigenvalue weighted by Gasteiger charge is -2.32. The maximum atomic E-state index is 14.2. The van der Waals surface area contributed by atoms with E-state index in [0.717, 1.165) is 31.2 Å². The molecule has 2 aromatic carbocycles. The van der Waals surface area contributed by atoms with Gasteiger partial charge in [0.1, 0.15) is 11.9 Å². The van der Waals surface area contributed by atoms with Gasteiger partial charge in [0.05, 0.1) is 12.8 Å². The highest BCUT2D eigenvalue weighted by Crippen LogP contribution is 2.30. The van der Waals surface area contributed by atoms with Crippen molar-refractivity contribution in [3.05, 3.63) is 89.6 Å². The summed E-state index contributed by atoms with van der Waals surface area (Å²) in [4.78, 5) is 40.7. The number of furan rings is 1. The number of carbonyl (C=O) groups excluding carboxylic acids is 3. The lowest BCUT2D eigenvalue weighted by Crippen LogP contribution is -2.49. The predicted molar refractivity (Wildman–Crippen MR) is 129 cm³/mol. The lowest BCUT2D eigenvalue weighted by molar-refractivity contribution is -0.126. The van der Waals surface area contributed by atoms with Gasteiger partial charge in [0.2, 0.25) is 11.8 Å². The molecular formula is C27H28FN3O4. The first-order valence-electron chi connectivity index (χ1n) is 11.7. The van der Waals surface area contributed by atoms with Crippen molar-refractivity contribution in [3.8, 4) is 0 Å². The fraction of sp³-hybridized carbons (Fsp3) is 0.296. The molecule has 0 saturated heterocycles. The molecule has 1 unspecified atom stereocenters. The van der Waals surface area contributed by atoms with Crippen LogP contribution in [-0.4, -0.2) is 30.3 Å². The van der Waals surface area contributed by atoms with Crippen LogP contribution >= 0.6 is 0 Å². The summed E-state index contributed by atoms with van der Waals surface area (Å²) in [6.07, 6.45) is 5.17. The van der Waals surface area contributed by atoms with E-state index in [1.54, 1.807) is 24.3 Å². The molecule has 8 heteroatoms. The van der Waals surface area contributed by atoms with Gasteiger partial charge in [0.15, 0.2) is 5.76 Å². The van der Waals surface area contributed by atoms with E-state index in [0.29, 0.717) is 5.56 Å². The zero-order valence-corrected chi connectivity index (χ0v) is 19.5. The number of halogens is 1. The fourth-order valence-corrected chi connectivity index (χ4v) is 4.32. The summed E-state index contributed by atoms with van der Waals surface area (Å²) in [5, 5.41) is 5.60. The first-order chi connectivity index (χ1) is 16.9. The first-order valence-corrected chi connectivity index (χ1v) is 11.7. The van der Waals surface area contributed by atoms with Crippen LogP contribution in [0.25, 0.3) is 0 Å². The van der Waals surface area contributed by atoms with Gasteiger partial charge < -0.3 is 15.1 Å². The first kappa shape index (κ1) is 24.2. The Morgan fingerprint density at radius 2 is 1.80 bits per heavy atom. The molecule has 0 bridgehead atoms. The Balaban J connectivity index is 1.68. The number of aryl methyl sites for hydroxylation is 1. The Labute approximate surface area is 203 Å². The smallest absolute Gasteiger partial charge is 0.287 e. The van der Waals surface area contributed by atoms with E-state index in [4.69, 9.17) is 4.42 Å². The number of carbonyl (C=O) groups is 3. The highest BCUT2D eigenvalue weighted by atomic mass is 19.1. The van der Waals surface area contributed by atoms with Crippen LogP contribution in [0.1, 0.15) is 53.4 Å². The van der Waals surface area contributed by atoms with Crippen LogP contribution < -0.4 is 15.5 Å². The molecule has 1 aliphatic carbocycles. The molecular weight excluding hydrogens is 449 g/mol. The highest BCUT2D eigenvalue weighted by molar-refractivity contribution is 6.04. The third-order valence-corrected chi connectivity index (χ3v) is 6.10. The minimum atomic E-state index is -1.05. The lowest BCUT2D eigenvalue weighted by atomic mass is 10.0.